The SMILES string of the molecule is COCC(O)CNC(=O)Cn1ccc2ccc(Cl)cc21. The zero-order chi connectivity index (χ0) is 14.5. The molecule has 1 atom stereocenters. The van der Waals surface area contributed by atoms with Crippen molar-refractivity contribution in [2.75, 3.05) is 20.3 Å². The Bertz CT molecular complexity index is 597. The molecule has 0 aliphatic carbocycles. The van der Waals surface area contributed by atoms with Crippen molar-refractivity contribution in [1.29, 1.82) is 0 Å². The maximum atomic E-state index is 11.8. The van der Waals surface area contributed by atoms with Gasteiger partial charge in [0.2, 0.25) is 5.91 Å². The van der Waals surface area contributed by atoms with E-state index in [-0.39, 0.29) is 25.6 Å². The Labute approximate surface area is 122 Å². The molecule has 1 aromatic carbocycles. The second-order valence-electron chi connectivity index (χ2n) is 4.56. The van der Waals surface area contributed by atoms with Gasteiger partial charge in [0.1, 0.15) is 6.54 Å². The maximum Gasteiger partial charge on any atom is 0.240 e. The molecule has 2 aromatic rings. The highest BCUT2D eigenvalue weighted by atomic mass is 35.5. The molecule has 108 valence electrons. The van der Waals surface area contributed by atoms with Gasteiger partial charge in [-0.2, -0.15) is 0 Å². The monoisotopic (exact) mass is 296 g/mol. The highest BCUT2D eigenvalue weighted by molar-refractivity contribution is 6.31. The topological polar surface area (TPSA) is 63.5 Å². The lowest BCUT2D eigenvalue weighted by Gasteiger charge is -2.11. The van der Waals surface area contributed by atoms with Gasteiger partial charge < -0.3 is 19.7 Å². The van der Waals surface area contributed by atoms with Crippen LogP contribution in [0.25, 0.3) is 10.9 Å². The number of carbonyl (C=O) groups excluding carboxylic acids is 1. The highest BCUT2D eigenvalue weighted by Gasteiger charge is 2.09. The number of ether oxygens (including phenoxy) is 1. The number of carbonyl (C=O) groups is 1. The summed E-state index contributed by atoms with van der Waals surface area (Å²) in [6, 6.07) is 7.48. The molecular weight excluding hydrogens is 280 g/mol. The zero-order valence-electron chi connectivity index (χ0n) is 11.2. The lowest BCUT2D eigenvalue weighted by atomic mass is 10.2. The van der Waals surface area contributed by atoms with Gasteiger partial charge in [-0.15, -0.1) is 0 Å². The van der Waals surface area contributed by atoms with Crippen molar-refractivity contribution in [3.05, 3.63) is 35.5 Å². The summed E-state index contributed by atoms with van der Waals surface area (Å²) < 4.78 is 6.61. The summed E-state index contributed by atoms with van der Waals surface area (Å²) in [6.07, 6.45) is 1.14. The van der Waals surface area contributed by atoms with Crippen LogP contribution in [0.4, 0.5) is 0 Å². The molecule has 1 heterocycles. The predicted octanol–water partition coefficient (Wildman–Crippen LogP) is 1.42. The Balaban J connectivity index is 1.98. The summed E-state index contributed by atoms with van der Waals surface area (Å²) >= 11 is 5.96. The van der Waals surface area contributed by atoms with Crippen molar-refractivity contribution >= 4 is 28.4 Å². The minimum absolute atomic E-state index is 0.169. The minimum atomic E-state index is -0.695. The number of methoxy groups -OCH3 is 1. The van der Waals surface area contributed by atoms with Crippen LogP contribution >= 0.6 is 11.6 Å². The third-order valence-corrected chi connectivity index (χ3v) is 3.18. The van der Waals surface area contributed by atoms with Gasteiger partial charge in [-0.25, -0.2) is 0 Å². The molecule has 0 saturated carbocycles. The predicted molar refractivity (Wildman–Crippen MR) is 77.8 cm³/mol. The van der Waals surface area contributed by atoms with E-state index in [4.69, 9.17) is 16.3 Å². The molecule has 2 N–H and O–H groups in total. The van der Waals surface area contributed by atoms with E-state index in [1.807, 2.05) is 35.0 Å². The van der Waals surface area contributed by atoms with Crippen LogP contribution in [-0.4, -0.2) is 41.9 Å². The zero-order valence-corrected chi connectivity index (χ0v) is 11.9. The number of aliphatic hydroxyl groups is 1. The van der Waals surface area contributed by atoms with E-state index in [0.29, 0.717) is 5.02 Å². The van der Waals surface area contributed by atoms with E-state index in [9.17, 15) is 9.90 Å². The molecule has 0 aliphatic heterocycles. The fourth-order valence-corrected chi connectivity index (χ4v) is 2.15. The third-order valence-electron chi connectivity index (χ3n) is 2.94. The molecule has 0 spiro atoms. The van der Waals surface area contributed by atoms with Crippen LogP contribution < -0.4 is 5.32 Å². The first-order valence-corrected chi connectivity index (χ1v) is 6.66. The van der Waals surface area contributed by atoms with Crippen LogP contribution in [0.15, 0.2) is 30.5 Å². The van der Waals surface area contributed by atoms with Crippen LogP contribution in [0.5, 0.6) is 0 Å². The second kappa shape index (κ2) is 6.74. The minimum Gasteiger partial charge on any atom is -0.389 e. The van der Waals surface area contributed by atoms with Crippen LogP contribution in [0.3, 0.4) is 0 Å². The number of aliphatic hydroxyl groups excluding tert-OH is 1. The fraction of sp³-hybridized carbons (Fsp3) is 0.357. The molecule has 1 aromatic heterocycles. The molecule has 1 amide bonds. The first-order valence-electron chi connectivity index (χ1n) is 6.28. The number of hydrogen-bond donors (Lipinski definition) is 2. The third kappa shape index (κ3) is 3.72. The molecule has 0 saturated heterocycles. The Morgan fingerprint density at radius 2 is 2.30 bits per heavy atom. The molecule has 0 bridgehead atoms. The average molecular weight is 297 g/mol. The average Bonchev–Trinajstić information content (AvgIpc) is 2.79. The number of nitrogens with zero attached hydrogens (tertiary/aromatic N) is 1. The highest BCUT2D eigenvalue weighted by Crippen LogP contribution is 2.20. The normalized spacial score (nSPS) is 12.6. The molecule has 5 nitrogen and oxygen atoms in total. The number of benzene rings is 1. The molecule has 20 heavy (non-hydrogen) atoms. The Kier molecular flexibility index (Phi) is 5.00. The molecule has 1 unspecified atom stereocenters. The molecule has 0 fully saturated rings. The van der Waals surface area contributed by atoms with E-state index in [2.05, 4.69) is 5.32 Å². The van der Waals surface area contributed by atoms with E-state index in [1.54, 1.807) is 0 Å². The van der Waals surface area contributed by atoms with Crippen molar-refractivity contribution in [1.82, 2.24) is 9.88 Å². The number of nitrogens with one attached hydrogen (secondary N) is 1. The van der Waals surface area contributed by atoms with Crippen molar-refractivity contribution in [3.63, 3.8) is 0 Å². The van der Waals surface area contributed by atoms with E-state index in [0.717, 1.165) is 10.9 Å². The second-order valence-corrected chi connectivity index (χ2v) is 5.00. The number of halogens is 1. The van der Waals surface area contributed by atoms with Gasteiger partial charge in [-0.1, -0.05) is 17.7 Å². The Morgan fingerprint density at radius 1 is 1.50 bits per heavy atom. The van der Waals surface area contributed by atoms with Crippen LogP contribution in [0.1, 0.15) is 0 Å². The number of aromatic nitrogens is 1. The van der Waals surface area contributed by atoms with Gasteiger partial charge in [0, 0.05) is 30.4 Å². The van der Waals surface area contributed by atoms with Gasteiger partial charge in [0.05, 0.1) is 12.7 Å². The summed E-state index contributed by atoms with van der Waals surface area (Å²) in [7, 11) is 1.50. The van der Waals surface area contributed by atoms with Crippen LogP contribution in [-0.2, 0) is 16.1 Å². The van der Waals surface area contributed by atoms with Crippen molar-refractivity contribution in [2.45, 2.75) is 12.6 Å². The molecule has 0 aliphatic rings. The molecule has 0 radical (unpaired) electrons. The number of rotatable bonds is 6. The lowest BCUT2D eigenvalue weighted by molar-refractivity contribution is -0.122. The summed E-state index contributed by atoms with van der Waals surface area (Å²) in [5.74, 6) is -0.169. The summed E-state index contributed by atoms with van der Waals surface area (Å²) in [4.78, 5) is 11.8. The number of amides is 1. The van der Waals surface area contributed by atoms with Gasteiger partial charge in [0.25, 0.3) is 0 Å². The van der Waals surface area contributed by atoms with Gasteiger partial charge in [-0.05, 0) is 23.6 Å². The maximum absolute atomic E-state index is 11.8. The van der Waals surface area contributed by atoms with Crippen molar-refractivity contribution in [2.24, 2.45) is 0 Å². The van der Waals surface area contributed by atoms with Crippen LogP contribution in [0.2, 0.25) is 5.02 Å². The first-order chi connectivity index (χ1) is 9.60. The Hall–Kier alpha value is -1.56. The molecule has 2 rings (SSSR count). The Morgan fingerprint density at radius 3 is 3.05 bits per heavy atom. The number of hydrogen-bond acceptors (Lipinski definition) is 3. The first kappa shape index (κ1) is 14.8. The van der Waals surface area contributed by atoms with Crippen molar-refractivity contribution in [3.8, 4) is 0 Å². The van der Waals surface area contributed by atoms with Gasteiger partial charge >= 0.3 is 0 Å². The van der Waals surface area contributed by atoms with Crippen LogP contribution in [0, 0.1) is 0 Å². The molecule has 6 heteroatoms. The van der Waals surface area contributed by atoms with Gasteiger partial charge in [0.15, 0.2) is 0 Å². The van der Waals surface area contributed by atoms with Gasteiger partial charge in [-0.3, -0.25) is 4.79 Å². The fourth-order valence-electron chi connectivity index (χ4n) is 1.99. The van der Waals surface area contributed by atoms with Crippen molar-refractivity contribution < 1.29 is 14.6 Å². The summed E-state index contributed by atoms with van der Waals surface area (Å²) in [5.41, 5.74) is 0.907. The number of fused-ring (bicyclic) bond motifs is 1. The quantitative estimate of drug-likeness (QED) is 0.847. The lowest BCUT2D eigenvalue weighted by Crippen LogP contribution is -2.36. The van der Waals surface area contributed by atoms with E-state index < -0.39 is 6.10 Å². The van der Waals surface area contributed by atoms with E-state index in [1.165, 1.54) is 7.11 Å². The summed E-state index contributed by atoms with van der Waals surface area (Å²) in [6.45, 7) is 0.554. The smallest absolute Gasteiger partial charge is 0.240 e. The van der Waals surface area contributed by atoms with E-state index >= 15 is 0 Å². The molecular formula is C14H17ClN2O3. The summed E-state index contributed by atoms with van der Waals surface area (Å²) in [5, 5.41) is 13.8. The standard InChI is InChI=1S/C14H17ClN2O3/c1-20-9-12(18)7-16-14(19)8-17-5-4-10-2-3-11(15)6-13(10)17/h2-6,12,18H,7-9H2,1H3,(H,16,19). The largest absolute Gasteiger partial charge is 0.389 e.